The van der Waals surface area contributed by atoms with Gasteiger partial charge in [0.1, 0.15) is 5.60 Å². The number of hydrogen-bond donors (Lipinski definition) is 1. The summed E-state index contributed by atoms with van der Waals surface area (Å²) in [6.07, 6.45) is 13.1. The highest BCUT2D eigenvalue weighted by molar-refractivity contribution is 7.38. The first-order valence-electron chi connectivity index (χ1n) is 12.2. The van der Waals surface area contributed by atoms with Gasteiger partial charge in [-0.2, -0.15) is 4.89 Å². The molecule has 6 fully saturated rings. The summed E-state index contributed by atoms with van der Waals surface area (Å²) in [6, 6.07) is 0. The normalized spacial score (nSPS) is 41.5. The maximum Gasteiger partial charge on any atom is 0.506 e. The highest BCUT2D eigenvalue weighted by atomic mass is 31.1. The Balaban J connectivity index is 1.12. The van der Waals surface area contributed by atoms with Crippen LogP contribution in [0.25, 0.3) is 0 Å². The molecule has 6 aliphatic rings. The fourth-order valence-electron chi connectivity index (χ4n) is 7.51. The van der Waals surface area contributed by atoms with Crippen LogP contribution in [0.5, 0.6) is 0 Å². The second-order valence-electron chi connectivity index (χ2n) is 11.5. The Morgan fingerprint density at radius 2 is 1.83 bits per heavy atom. The van der Waals surface area contributed by atoms with Gasteiger partial charge in [-0.3, -0.25) is 4.90 Å². The van der Waals surface area contributed by atoms with Crippen LogP contribution >= 0.6 is 8.03 Å². The van der Waals surface area contributed by atoms with Crippen LogP contribution in [0.2, 0.25) is 0 Å². The molecule has 7 heteroatoms. The summed E-state index contributed by atoms with van der Waals surface area (Å²) >= 11 is 0. The molecule has 0 aromatic heterocycles. The lowest BCUT2D eigenvalue weighted by molar-refractivity contribution is -0.187. The summed E-state index contributed by atoms with van der Waals surface area (Å²) in [6.45, 7) is 6.43. The molecule has 2 aliphatic heterocycles. The Labute approximate surface area is 181 Å². The van der Waals surface area contributed by atoms with Crippen molar-refractivity contribution < 1.29 is 19.0 Å². The van der Waals surface area contributed by atoms with E-state index < -0.39 is 8.03 Å². The Hall–Kier alpha value is -0.710. The minimum atomic E-state index is -2.08. The molecule has 6 nitrogen and oxygen atoms in total. The average molecular weight is 438 g/mol. The number of rotatable bonds is 5. The molecular weight excluding hydrogens is 399 g/mol. The maximum absolute atomic E-state index is 12.7. The highest BCUT2D eigenvalue weighted by Gasteiger charge is 2.75. The summed E-state index contributed by atoms with van der Waals surface area (Å²) in [5.74, 6) is 1.68. The molecule has 1 amide bonds. The van der Waals surface area contributed by atoms with Gasteiger partial charge in [0.2, 0.25) is 0 Å². The van der Waals surface area contributed by atoms with Crippen molar-refractivity contribution in [3.8, 4) is 0 Å². The molecule has 6 rings (SSSR count). The zero-order valence-electron chi connectivity index (χ0n) is 18.5. The zero-order chi connectivity index (χ0) is 21.0. The molecule has 30 heavy (non-hydrogen) atoms. The van der Waals surface area contributed by atoms with Crippen molar-refractivity contribution >= 4 is 14.1 Å². The number of amides is 1. The summed E-state index contributed by atoms with van der Waals surface area (Å²) in [5, 5.41) is 0. The molecule has 1 N–H and O–H groups in total. The number of nitrogens with zero attached hydrogens (tertiary/aromatic N) is 2. The van der Waals surface area contributed by atoms with Gasteiger partial charge in [0.15, 0.2) is 6.16 Å². The van der Waals surface area contributed by atoms with Gasteiger partial charge in [0.05, 0.1) is 6.54 Å². The van der Waals surface area contributed by atoms with Crippen molar-refractivity contribution in [3.63, 3.8) is 0 Å². The molecule has 0 aromatic carbocycles. The van der Waals surface area contributed by atoms with Gasteiger partial charge in [-0.05, 0) is 48.5 Å². The molecule has 2 heterocycles. The van der Waals surface area contributed by atoms with Crippen molar-refractivity contribution in [3.05, 3.63) is 0 Å². The van der Waals surface area contributed by atoms with E-state index in [1.165, 1.54) is 45.1 Å². The lowest BCUT2D eigenvalue weighted by Gasteiger charge is -2.71. The molecule has 4 saturated carbocycles. The van der Waals surface area contributed by atoms with E-state index in [-0.39, 0.29) is 22.6 Å². The van der Waals surface area contributed by atoms with Crippen molar-refractivity contribution in [2.75, 3.05) is 32.3 Å². The van der Waals surface area contributed by atoms with E-state index in [9.17, 15) is 14.3 Å². The molecule has 4 aliphatic carbocycles. The van der Waals surface area contributed by atoms with Gasteiger partial charge in [-0.1, -0.05) is 32.6 Å². The molecule has 0 radical (unpaired) electrons. The van der Waals surface area contributed by atoms with Crippen molar-refractivity contribution in [2.45, 2.75) is 88.7 Å². The number of carbonyl (C=O) groups excluding carboxylic acids is 1. The summed E-state index contributed by atoms with van der Waals surface area (Å²) in [7, 11) is -2.08. The Bertz CT molecular complexity index is 686. The molecule has 1 spiro atoms. The highest BCUT2D eigenvalue weighted by Crippen LogP contribution is 2.72. The predicted octanol–water partition coefficient (Wildman–Crippen LogP) is 4.54. The third-order valence-corrected chi connectivity index (χ3v) is 9.90. The largest absolute Gasteiger partial charge is 0.506 e. The van der Waals surface area contributed by atoms with E-state index in [0.717, 1.165) is 63.6 Å². The second kappa shape index (κ2) is 7.71. The first-order valence-corrected chi connectivity index (χ1v) is 13.6. The maximum atomic E-state index is 12.7. The van der Waals surface area contributed by atoms with Crippen LogP contribution in [0.1, 0.15) is 77.6 Å². The Morgan fingerprint density at radius 1 is 1.13 bits per heavy atom. The van der Waals surface area contributed by atoms with Crippen molar-refractivity contribution in [1.82, 2.24) is 9.80 Å². The van der Waals surface area contributed by atoms with Gasteiger partial charge >= 0.3 is 14.1 Å². The third kappa shape index (κ3) is 3.82. The first-order chi connectivity index (χ1) is 14.3. The van der Waals surface area contributed by atoms with E-state index in [1.54, 1.807) is 0 Å². The topological polar surface area (TPSA) is 70.1 Å². The number of likely N-dealkylation sites (tertiary alicyclic amines) is 1. The second-order valence-corrected chi connectivity index (χ2v) is 12.6. The Morgan fingerprint density at radius 3 is 2.53 bits per heavy atom. The van der Waals surface area contributed by atoms with Crippen LogP contribution in [0.15, 0.2) is 0 Å². The summed E-state index contributed by atoms with van der Waals surface area (Å²) in [5.41, 5.74) is -0.346. The monoisotopic (exact) mass is 437 g/mol. The fraction of sp³-hybridized carbons (Fsp3) is 0.957. The average Bonchev–Trinajstić information content (AvgIpc) is 2.92. The van der Waals surface area contributed by atoms with Crippen LogP contribution in [0.4, 0.5) is 4.79 Å². The summed E-state index contributed by atoms with van der Waals surface area (Å²) < 4.78 is 17.2. The van der Waals surface area contributed by atoms with Crippen LogP contribution < -0.4 is 0 Å². The van der Waals surface area contributed by atoms with Crippen LogP contribution in [0, 0.1) is 17.3 Å². The zero-order valence-corrected chi connectivity index (χ0v) is 19.4. The molecule has 0 aromatic rings. The fourth-order valence-corrected chi connectivity index (χ4v) is 8.42. The quantitative estimate of drug-likeness (QED) is 0.640. The van der Waals surface area contributed by atoms with Gasteiger partial charge in [0, 0.05) is 43.4 Å². The molecule has 2 bridgehead atoms. The third-order valence-electron chi connectivity index (χ3n) is 8.95. The van der Waals surface area contributed by atoms with E-state index in [1.807, 2.05) is 4.90 Å². The van der Waals surface area contributed by atoms with E-state index in [2.05, 4.69) is 11.8 Å². The standard InChI is InChI=1S/C23H37N2O4P/c1-18-5-3-2-4-6-19(11-18)12-24-9-7-23(8-10-24)16-25(20(26)29-23)22-13-21(14-22,15-22)17-30(27)28/h18-19H,2-17H2,1H3/p+1. The number of hydrogen-bond acceptors (Lipinski definition) is 4. The number of carbonyl (C=O) groups is 1. The van der Waals surface area contributed by atoms with Crippen molar-refractivity contribution in [2.24, 2.45) is 17.3 Å². The van der Waals surface area contributed by atoms with Crippen LogP contribution in [0.3, 0.4) is 0 Å². The molecule has 168 valence electrons. The van der Waals surface area contributed by atoms with Gasteiger partial charge in [-0.15, -0.1) is 0 Å². The number of ether oxygens (including phenoxy) is 1. The van der Waals surface area contributed by atoms with Crippen LogP contribution in [-0.2, 0) is 9.30 Å². The van der Waals surface area contributed by atoms with Crippen LogP contribution in [-0.4, -0.2) is 64.3 Å². The molecular formula is C23H38N2O4P+. The SMILES string of the molecule is CC1CCCCCC(CN2CCC3(CC2)CN(C24CC(C[P+](=O)O)(C2)C4)C(=O)O3)C1. The summed E-state index contributed by atoms with van der Waals surface area (Å²) in [4.78, 5) is 26.6. The van der Waals surface area contributed by atoms with E-state index in [0.29, 0.717) is 6.16 Å². The minimum absolute atomic E-state index is 0.0241. The van der Waals surface area contributed by atoms with E-state index in [4.69, 9.17) is 4.74 Å². The minimum Gasteiger partial charge on any atom is -0.441 e. The lowest BCUT2D eigenvalue weighted by Crippen LogP contribution is -2.75. The first kappa shape index (κ1) is 21.2. The van der Waals surface area contributed by atoms with Gasteiger partial charge in [-0.25, -0.2) is 4.79 Å². The van der Waals surface area contributed by atoms with E-state index >= 15 is 0 Å². The smallest absolute Gasteiger partial charge is 0.441 e. The molecule has 3 unspecified atom stereocenters. The van der Waals surface area contributed by atoms with Gasteiger partial charge < -0.3 is 9.64 Å². The molecule has 3 atom stereocenters. The van der Waals surface area contributed by atoms with Crippen molar-refractivity contribution in [1.29, 1.82) is 0 Å². The molecule has 2 saturated heterocycles. The van der Waals surface area contributed by atoms with Gasteiger partial charge in [0.25, 0.3) is 0 Å². The Kier molecular flexibility index (Phi) is 5.43. The number of piperidine rings is 1. The predicted molar refractivity (Wildman–Crippen MR) is 116 cm³/mol. The lowest BCUT2D eigenvalue weighted by atomic mass is 9.39.